The van der Waals surface area contributed by atoms with E-state index in [1.165, 1.54) is 25.7 Å². The molecule has 61 valence electrons. The van der Waals surface area contributed by atoms with Gasteiger partial charge in [0.25, 0.3) is 0 Å². The number of rotatable bonds is 0. The summed E-state index contributed by atoms with van der Waals surface area (Å²) in [7, 11) is 0. The van der Waals surface area contributed by atoms with Gasteiger partial charge in [-0.3, -0.25) is 0 Å². The Hall–Kier alpha value is -0.520. The van der Waals surface area contributed by atoms with E-state index in [0.29, 0.717) is 0 Å². The SMILES string of the molecule is [CH]1CC=CCC=CCCCC1. The molecule has 1 aliphatic carbocycles. The van der Waals surface area contributed by atoms with Gasteiger partial charge >= 0.3 is 0 Å². The predicted octanol–water partition coefficient (Wildman–Crippen LogP) is 3.66. The van der Waals surface area contributed by atoms with Crippen LogP contribution < -0.4 is 0 Å². The topological polar surface area (TPSA) is 0 Å². The van der Waals surface area contributed by atoms with Crippen LogP contribution in [-0.2, 0) is 0 Å². The lowest BCUT2D eigenvalue weighted by molar-refractivity contribution is 0.731. The Kier molecular flexibility index (Phi) is 4.84. The fourth-order valence-corrected chi connectivity index (χ4v) is 1.25. The Morgan fingerprint density at radius 3 is 2.36 bits per heavy atom. The second-order valence-electron chi connectivity index (χ2n) is 2.99. The predicted molar refractivity (Wildman–Crippen MR) is 50.3 cm³/mol. The van der Waals surface area contributed by atoms with Crippen molar-refractivity contribution in [2.45, 2.75) is 38.5 Å². The van der Waals surface area contributed by atoms with Gasteiger partial charge in [0.15, 0.2) is 0 Å². The summed E-state index contributed by atoms with van der Waals surface area (Å²) in [4.78, 5) is 0. The normalized spacial score (nSPS) is 21.1. The summed E-state index contributed by atoms with van der Waals surface area (Å²) in [6.07, 6.45) is 19.0. The molecule has 0 heterocycles. The molecule has 0 bridgehead atoms. The highest BCUT2D eigenvalue weighted by molar-refractivity contribution is 4.95. The van der Waals surface area contributed by atoms with E-state index in [1.54, 1.807) is 0 Å². The van der Waals surface area contributed by atoms with Gasteiger partial charge in [-0.25, -0.2) is 0 Å². The lowest BCUT2D eigenvalue weighted by Crippen LogP contribution is -1.76. The molecule has 0 aromatic carbocycles. The zero-order valence-electron chi connectivity index (χ0n) is 7.13. The Morgan fingerprint density at radius 1 is 0.636 bits per heavy atom. The highest BCUT2D eigenvalue weighted by atomic mass is 13.9. The van der Waals surface area contributed by atoms with Crippen LogP contribution in [0.1, 0.15) is 38.5 Å². The van der Waals surface area contributed by atoms with E-state index in [1.807, 2.05) is 0 Å². The standard InChI is InChI=1S/C11H17/c1-2-4-6-8-10-11-9-7-5-3-1/h1-2,5-7H,3-4,8-11H2. The molecule has 0 atom stereocenters. The molecular formula is C11H17. The molecule has 0 unspecified atom stereocenters. The van der Waals surface area contributed by atoms with Crippen LogP contribution in [-0.4, -0.2) is 0 Å². The van der Waals surface area contributed by atoms with Gasteiger partial charge in [-0.05, 0) is 38.5 Å². The van der Waals surface area contributed by atoms with Crippen LogP contribution in [0.2, 0.25) is 0 Å². The van der Waals surface area contributed by atoms with Crippen LogP contribution in [0.15, 0.2) is 24.3 Å². The number of hydrogen-bond acceptors (Lipinski definition) is 0. The Labute approximate surface area is 70.0 Å². The molecule has 0 aliphatic heterocycles. The Morgan fingerprint density at radius 2 is 1.36 bits per heavy atom. The first-order chi connectivity index (χ1) is 5.50. The number of hydrogen-bond donors (Lipinski definition) is 0. The van der Waals surface area contributed by atoms with Crippen LogP contribution in [0.4, 0.5) is 0 Å². The van der Waals surface area contributed by atoms with Gasteiger partial charge in [-0.1, -0.05) is 30.7 Å². The summed E-state index contributed by atoms with van der Waals surface area (Å²) >= 11 is 0. The fraction of sp³-hybridized carbons (Fsp3) is 0.545. The molecule has 0 fully saturated rings. The third-order valence-corrected chi connectivity index (χ3v) is 1.94. The lowest BCUT2D eigenvalue weighted by Gasteiger charge is -1.94. The van der Waals surface area contributed by atoms with Gasteiger partial charge in [-0.2, -0.15) is 0 Å². The van der Waals surface area contributed by atoms with E-state index in [-0.39, 0.29) is 0 Å². The maximum absolute atomic E-state index is 2.38. The van der Waals surface area contributed by atoms with E-state index in [9.17, 15) is 0 Å². The first-order valence-corrected chi connectivity index (χ1v) is 4.62. The third-order valence-electron chi connectivity index (χ3n) is 1.94. The van der Waals surface area contributed by atoms with Gasteiger partial charge in [0.1, 0.15) is 0 Å². The molecule has 1 rings (SSSR count). The van der Waals surface area contributed by atoms with Crippen LogP contribution >= 0.6 is 0 Å². The van der Waals surface area contributed by atoms with E-state index >= 15 is 0 Å². The quantitative estimate of drug-likeness (QED) is 0.461. The molecule has 0 aromatic rings. The van der Waals surface area contributed by atoms with Crippen molar-refractivity contribution in [1.29, 1.82) is 0 Å². The minimum atomic E-state index is 1.12. The molecule has 0 spiro atoms. The van der Waals surface area contributed by atoms with E-state index in [4.69, 9.17) is 0 Å². The first-order valence-electron chi connectivity index (χ1n) is 4.62. The monoisotopic (exact) mass is 149 g/mol. The second-order valence-corrected chi connectivity index (χ2v) is 2.99. The zero-order valence-corrected chi connectivity index (χ0v) is 7.13. The first kappa shape index (κ1) is 8.58. The minimum absolute atomic E-state index is 1.12. The molecule has 11 heavy (non-hydrogen) atoms. The van der Waals surface area contributed by atoms with Crippen LogP contribution in [0, 0.1) is 6.42 Å². The molecule has 0 amide bonds. The van der Waals surface area contributed by atoms with Crippen molar-refractivity contribution in [3.05, 3.63) is 30.7 Å². The zero-order chi connectivity index (χ0) is 7.78. The summed E-state index contributed by atoms with van der Waals surface area (Å²) in [5.41, 5.74) is 0. The third kappa shape index (κ3) is 4.83. The van der Waals surface area contributed by atoms with Crippen molar-refractivity contribution >= 4 is 0 Å². The molecule has 0 nitrogen and oxygen atoms in total. The molecular weight excluding hydrogens is 132 g/mol. The Bertz CT molecular complexity index is 115. The number of allylic oxidation sites excluding steroid dienone is 4. The van der Waals surface area contributed by atoms with Crippen LogP contribution in [0.5, 0.6) is 0 Å². The van der Waals surface area contributed by atoms with E-state index in [2.05, 4.69) is 30.7 Å². The molecule has 1 radical (unpaired) electrons. The molecule has 1 aliphatic rings. The average Bonchev–Trinajstić information content (AvgIpc) is 2.08. The molecule has 0 heteroatoms. The lowest BCUT2D eigenvalue weighted by atomic mass is 10.1. The molecule has 0 aromatic heterocycles. The largest absolute Gasteiger partial charge is 0.0882 e. The van der Waals surface area contributed by atoms with Crippen molar-refractivity contribution in [1.82, 2.24) is 0 Å². The highest BCUT2D eigenvalue weighted by Crippen LogP contribution is 2.07. The van der Waals surface area contributed by atoms with Crippen LogP contribution in [0.25, 0.3) is 0 Å². The summed E-state index contributed by atoms with van der Waals surface area (Å²) in [6.45, 7) is 0. The maximum atomic E-state index is 2.38. The summed E-state index contributed by atoms with van der Waals surface area (Å²) in [5, 5.41) is 0. The van der Waals surface area contributed by atoms with Crippen molar-refractivity contribution < 1.29 is 0 Å². The average molecular weight is 149 g/mol. The van der Waals surface area contributed by atoms with Crippen molar-refractivity contribution in [2.24, 2.45) is 0 Å². The fourth-order valence-electron chi connectivity index (χ4n) is 1.25. The smallest absolute Gasteiger partial charge is 0.0169 e. The van der Waals surface area contributed by atoms with Crippen molar-refractivity contribution in [3.8, 4) is 0 Å². The molecule has 0 saturated carbocycles. The summed E-state index contributed by atoms with van der Waals surface area (Å²) in [5.74, 6) is 0. The van der Waals surface area contributed by atoms with Gasteiger partial charge in [-0.15, -0.1) is 0 Å². The highest BCUT2D eigenvalue weighted by Gasteiger charge is 1.88. The Balaban J connectivity index is 2.22. The summed E-state index contributed by atoms with van der Waals surface area (Å²) in [6, 6.07) is 0. The van der Waals surface area contributed by atoms with Gasteiger partial charge in [0.2, 0.25) is 0 Å². The maximum Gasteiger partial charge on any atom is -0.0169 e. The van der Waals surface area contributed by atoms with Gasteiger partial charge in [0.05, 0.1) is 0 Å². The van der Waals surface area contributed by atoms with E-state index in [0.717, 1.165) is 12.8 Å². The second kappa shape index (κ2) is 6.21. The van der Waals surface area contributed by atoms with Crippen LogP contribution in [0.3, 0.4) is 0 Å². The van der Waals surface area contributed by atoms with Gasteiger partial charge < -0.3 is 0 Å². The van der Waals surface area contributed by atoms with E-state index < -0.39 is 0 Å². The van der Waals surface area contributed by atoms with Crippen molar-refractivity contribution in [2.75, 3.05) is 0 Å². The van der Waals surface area contributed by atoms with Gasteiger partial charge in [0, 0.05) is 0 Å². The molecule has 0 N–H and O–H groups in total. The minimum Gasteiger partial charge on any atom is -0.0882 e. The summed E-state index contributed by atoms with van der Waals surface area (Å²) < 4.78 is 0. The molecule has 0 saturated heterocycles. The van der Waals surface area contributed by atoms with Crippen molar-refractivity contribution in [3.63, 3.8) is 0 Å².